The number of anilines is 1. The van der Waals surface area contributed by atoms with Gasteiger partial charge in [-0.1, -0.05) is 0 Å². The molecule has 6 heteroatoms. The number of carbonyl (C=O) groups is 1. The fourth-order valence-corrected chi connectivity index (χ4v) is 3.57. The Morgan fingerprint density at radius 2 is 1.85 bits per heavy atom. The van der Waals surface area contributed by atoms with E-state index in [9.17, 15) is 4.79 Å². The van der Waals surface area contributed by atoms with Crippen molar-refractivity contribution in [1.82, 2.24) is 4.90 Å². The third kappa shape index (κ3) is 4.86. The van der Waals surface area contributed by atoms with Crippen molar-refractivity contribution in [2.75, 3.05) is 44.8 Å². The Bertz CT molecular complexity index is 683. The largest absolute Gasteiger partial charge is 0.490 e. The number of benzene rings is 1. The van der Waals surface area contributed by atoms with Gasteiger partial charge in [0.2, 0.25) is 0 Å². The number of hydrogen-bond donors (Lipinski definition) is 0. The maximum absolute atomic E-state index is 12.4. The van der Waals surface area contributed by atoms with Crippen LogP contribution in [-0.2, 0) is 22.3 Å². The van der Waals surface area contributed by atoms with Gasteiger partial charge in [-0.2, -0.15) is 0 Å². The van der Waals surface area contributed by atoms with Crippen molar-refractivity contribution < 1.29 is 19.0 Å². The molecule has 27 heavy (non-hydrogen) atoms. The highest BCUT2D eigenvalue weighted by Crippen LogP contribution is 2.36. The predicted octanol–water partition coefficient (Wildman–Crippen LogP) is 3.26. The number of ether oxygens (including phenoxy) is 3. The highest BCUT2D eigenvalue weighted by Gasteiger charge is 2.27. The maximum atomic E-state index is 12.4. The van der Waals surface area contributed by atoms with Crippen molar-refractivity contribution in [3.05, 3.63) is 23.3 Å². The van der Waals surface area contributed by atoms with E-state index < -0.39 is 5.60 Å². The number of amides is 1. The van der Waals surface area contributed by atoms with Crippen molar-refractivity contribution in [3.8, 4) is 5.75 Å². The molecule has 0 N–H and O–H groups in total. The van der Waals surface area contributed by atoms with Gasteiger partial charge in [-0.25, -0.2) is 4.79 Å². The lowest BCUT2D eigenvalue weighted by Gasteiger charge is -2.33. The van der Waals surface area contributed by atoms with Crippen LogP contribution in [0.4, 0.5) is 10.5 Å². The zero-order valence-electron chi connectivity index (χ0n) is 17.2. The van der Waals surface area contributed by atoms with E-state index in [1.54, 1.807) is 7.11 Å². The first-order valence-corrected chi connectivity index (χ1v) is 9.81. The minimum atomic E-state index is -0.471. The van der Waals surface area contributed by atoms with E-state index in [4.69, 9.17) is 14.2 Å². The number of carbonyl (C=O) groups excluding carboxylic acids is 1. The molecule has 2 heterocycles. The average molecular weight is 376 g/mol. The first-order chi connectivity index (χ1) is 12.8. The molecule has 0 aromatic heterocycles. The van der Waals surface area contributed by atoms with E-state index in [0.717, 1.165) is 37.4 Å². The summed E-state index contributed by atoms with van der Waals surface area (Å²) in [4.78, 5) is 16.6. The van der Waals surface area contributed by atoms with E-state index in [-0.39, 0.29) is 12.2 Å². The van der Waals surface area contributed by atoms with Gasteiger partial charge in [0.15, 0.2) is 0 Å². The molecule has 1 aromatic rings. The van der Waals surface area contributed by atoms with Crippen LogP contribution in [-0.4, -0.2) is 62.6 Å². The van der Waals surface area contributed by atoms with Crippen molar-refractivity contribution in [2.45, 2.75) is 52.2 Å². The van der Waals surface area contributed by atoms with Gasteiger partial charge in [0, 0.05) is 26.7 Å². The molecule has 1 atom stereocenters. The van der Waals surface area contributed by atoms with Crippen LogP contribution in [0, 0.1) is 0 Å². The summed E-state index contributed by atoms with van der Waals surface area (Å²) in [5.41, 5.74) is 3.22. The van der Waals surface area contributed by atoms with Crippen LogP contribution in [0.1, 0.15) is 38.8 Å². The summed E-state index contributed by atoms with van der Waals surface area (Å²) in [6, 6.07) is 4.40. The van der Waals surface area contributed by atoms with Crippen LogP contribution < -0.4 is 9.64 Å². The second-order valence-corrected chi connectivity index (χ2v) is 8.40. The SMILES string of the molecule is CO[C@@H](C)CN1CCOc2cc3c(cc21)CCN(C(=O)OC(C)(C)C)CC3. The fraction of sp³-hybridized carbons (Fsp3) is 0.667. The molecule has 0 saturated heterocycles. The first-order valence-electron chi connectivity index (χ1n) is 9.81. The molecule has 0 unspecified atom stereocenters. The predicted molar refractivity (Wildman–Crippen MR) is 106 cm³/mol. The lowest BCUT2D eigenvalue weighted by atomic mass is 10.0. The van der Waals surface area contributed by atoms with Gasteiger partial charge < -0.3 is 24.0 Å². The molecule has 0 saturated carbocycles. The Kier molecular flexibility index (Phi) is 5.84. The minimum absolute atomic E-state index is 0.164. The van der Waals surface area contributed by atoms with Crippen LogP contribution in [0.2, 0.25) is 0 Å². The molecule has 0 aliphatic carbocycles. The van der Waals surface area contributed by atoms with Crippen LogP contribution in [0.25, 0.3) is 0 Å². The van der Waals surface area contributed by atoms with Crippen LogP contribution in [0.5, 0.6) is 5.75 Å². The topological polar surface area (TPSA) is 51.2 Å². The Hall–Kier alpha value is -1.95. The van der Waals surface area contributed by atoms with Crippen LogP contribution in [0.3, 0.4) is 0 Å². The zero-order chi connectivity index (χ0) is 19.6. The molecule has 150 valence electrons. The molecular weight excluding hydrogens is 344 g/mol. The molecule has 0 bridgehead atoms. The molecular formula is C21H32N2O4. The number of nitrogens with zero attached hydrogens (tertiary/aromatic N) is 2. The van der Waals surface area contributed by atoms with Gasteiger partial charge in [0.05, 0.1) is 18.3 Å². The number of hydrogen-bond acceptors (Lipinski definition) is 5. The van der Waals surface area contributed by atoms with Gasteiger partial charge in [0.1, 0.15) is 18.0 Å². The van der Waals surface area contributed by atoms with Crippen molar-refractivity contribution in [2.24, 2.45) is 0 Å². The Morgan fingerprint density at radius 3 is 2.48 bits per heavy atom. The number of methoxy groups -OCH3 is 1. The summed E-state index contributed by atoms with van der Waals surface area (Å²) >= 11 is 0. The summed E-state index contributed by atoms with van der Waals surface area (Å²) in [6.45, 7) is 11.5. The monoisotopic (exact) mass is 376 g/mol. The number of rotatable bonds is 3. The summed E-state index contributed by atoms with van der Waals surface area (Å²) in [7, 11) is 1.74. The molecule has 6 nitrogen and oxygen atoms in total. The number of fused-ring (bicyclic) bond motifs is 2. The molecule has 0 spiro atoms. The molecule has 1 amide bonds. The van der Waals surface area contributed by atoms with Crippen molar-refractivity contribution in [1.29, 1.82) is 0 Å². The lowest BCUT2D eigenvalue weighted by Crippen LogP contribution is -2.38. The van der Waals surface area contributed by atoms with Gasteiger partial charge in [0.25, 0.3) is 0 Å². The quantitative estimate of drug-likeness (QED) is 0.810. The highest BCUT2D eigenvalue weighted by atomic mass is 16.6. The molecule has 1 aromatic carbocycles. The van der Waals surface area contributed by atoms with Gasteiger partial charge in [-0.05, 0) is 63.8 Å². The van der Waals surface area contributed by atoms with Gasteiger partial charge in [-0.3, -0.25) is 0 Å². The summed E-state index contributed by atoms with van der Waals surface area (Å²) < 4.78 is 16.9. The van der Waals surface area contributed by atoms with E-state index in [1.165, 1.54) is 11.1 Å². The van der Waals surface area contributed by atoms with E-state index in [0.29, 0.717) is 19.7 Å². The summed E-state index contributed by atoms with van der Waals surface area (Å²) in [5.74, 6) is 0.939. The normalized spacial score (nSPS) is 18.1. The summed E-state index contributed by atoms with van der Waals surface area (Å²) in [5, 5.41) is 0. The van der Waals surface area contributed by atoms with E-state index in [2.05, 4.69) is 24.0 Å². The molecule has 0 radical (unpaired) electrons. The third-order valence-electron chi connectivity index (χ3n) is 5.07. The Labute approximate surface area is 162 Å². The van der Waals surface area contributed by atoms with Gasteiger partial charge in [-0.15, -0.1) is 0 Å². The average Bonchev–Trinajstić information content (AvgIpc) is 2.81. The first kappa shape index (κ1) is 19.8. The smallest absolute Gasteiger partial charge is 0.410 e. The molecule has 2 aliphatic heterocycles. The standard InChI is InChI=1S/C21H32N2O4/c1-15(25-5)14-23-10-11-26-19-13-17-7-9-22(20(24)27-21(2,3)4)8-6-16(17)12-18(19)23/h12-13,15H,6-11,14H2,1-5H3/t15-/m0/s1. The maximum Gasteiger partial charge on any atom is 0.410 e. The van der Waals surface area contributed by atoms with Crippen molar-refractivity contribution >= 4 is 11.8 Å². The Morgan fingerprint density at radius 1 is 1.19 bits per heavy atom. The Balaban J connectivity index is 1.76. The fourth-order valence-electron chi connectivity index (χ4n) is 3.57. The summed E-state index contributed by atoms with van der Waals surface area (Å²) in [6.07, 6.45) is 1.58. The zero-order valence-corrected chi connectivity index (χ0v) is 17.2. The van der Waals surface area contributed by atoms with E-state index in [1.807, 2.05) is 25.7 Å². The second kappa shape index (κ2) is 7.97. The molecule has 3 rings (SSSR count). The van der Waals surface area contributed by atoms with Crippen molar-refractivity contribution in [3.63, 3.8) is 0 Å². The van der Waals surface area contributed by atoms with Crippen LogP contribution in [0.15, 0.2) is 12.1 Å². The second-order valence-electron chi connectivity index (χ2n) is 8.40. The highest BCUT2D eigenvalue weighted by molar-refractivity contribution is 5.69. The van der Waals surface area contributed by atoms with E-state index >= 15 is 0 Å². The lowest BCUT2D eigenvalue weighted by molar-refractivity contribution is 0.0258. The molecule has 2 aliphatic rings. The van der Waals surface area contributed by atoms with Crippen LogP contribution >= 0.6 is 0 Å². The van der Waals surface area contributed by atoms with Gasteiger partial charge >= 0.3 is 6.09 Å². The molecule has 0 fully saturated rings. The third-order valence-corrected chi connectivity index (χ3v) is 5.07. The minimum Gasteiger partial charge on any atom is -0.490 e.